The minimum absolute atomic E-state index is 0.798. The number of benzene rings is 9. The van der Waals surface area contributed by atoms with Crippen LogP contribution in [-0.4, -0.2) is 6.54 Å². The van der Waals surface area contributed by atoms with Crippen molar-refractivity contribution in [1.29, 1.82) is 0 Å². The van der Waals surface area contributed by atoms with E-state index in [1.807, 2.05) is 0 Å². The average Bonchev–Trinajstić information content (AvgIpc) is 3.43. The molecule has 0 heterocycles. The summed E-state index contributed by atoms with van der Waals surface area (Å²) in [4.78, 5) is 9.65. The van der Waals surface area contributed by atoms with Gasteiger partial charge in [-0.05, 0) is 160 Å². The fourth-order valence-electron chi connectivity index (χ4n) is 10.1. The van der Waals surface area contributed by atoms with Gasteiger partial charge in [-0.25, -0.2) is 0 Å². The molecule has 4 heteroatoms. The summed E-state index contributed by atoms with van der Waals surface area (Å²) >= 11 is 0. The molecule has 0 aromatic heterocycles. The van der Waals surface area contributed by atoms with Crippen LogP contribution in [-0.2, 0) is 0 Å². The fourth-order valence-corrected chi connectivity index (χ4v) is 10.1. The van der Waals surface area contributed by atoms with Gasteiger partial charge in [0.25, 0.3) is 0 Å². The van der Waals surface area contributed by atoms with E-state index >= 15 is 0 Å². The van der Waals surface area contributed by atoms with Crippen molar-refractivity contribution in [2.24, 2.45) is 0 Å². The van der Waals surface area contributed by atoms with Gasteiger partial charge >= 0.3 is 0 Å². The highest BCUT2D eigenvalue weighted by atomic mass is 15.2. The Morgan fingerprint density at radius 1 is 0.479 bits per heavy atom. The van der Waals surface area contributed by atoms with Gasteiger partial charge in [0.1, 0.15) is 0 Å². The molecule has 0 aliphatic carbocycles. The van der Waals surface area contributed by atoms with Crippen LogP contribution < -0.4 is 30.0 Å². The van der Waals surface area contributed by atoms with Crippen LogP contribution in [0.25, 0.3) is 33.8 Å². The van der Waals surface area contributed by atoms with Gasteiger partial charge in [-0.2, -0.15) is 0 Å². The second-order valence-electron chi connectivity index (χ2n) is 18.3. The molecule has 0 atom stereocenters. The van der Waals surface area contributed by atoms with E-state index in [1.165, 1.54) is 38.5 Å². The van der Waals surface area contributed by atoms with E-state index in [2.05, 4.69) is 310 Å². The van der Waals surface area contributed by atoms with E-state index in [0.29, 0.717) is 0 Å². The van der Waals surface area contributed by atoms with Crippen molar-refractivity contribution in [3.8, 4) is 0 Å². The van der Waals surface area contributed by atoms with Crippen LogP contribution in [0.2, 0.25) is 0 Å². The SMILES string of the molecule is C=c1cc(C)cc/c1=C(/C=C\C)N(c1ccccc1)c1ccc(N(CCC/C=C(\C=C/C)N(c2ccccc2)c2cccc3ccccc23)c2ccc(N(/C(=C/C)CC)c3cccc4ccccc34)cc2)cc1. The van der Waals surface area contributed by atoms with Crippen LogP contribution in [0.1, 0.15) is 52.5 Å². The summed E-state index contributed by atoms with van der Waals surface area (Å²) in [6, 6.07) is 76.7. The molecule has 0 aliphatic heterocycles. The number of rotatable bonds is 18. The first-order valence-electron chi connectivity index (χ1n) is 25.7. The number of hydrogen-bond acceptors (Lipinski definition) is 4. The zero-order chi connectivity index (χ0) is 50.5. The third kappa shape index (κ3) is 11.0. The predicted molar refractivity (Wildman–Crippen MR) is 317 cm³/mol. The molecule has 0 fully saturated rings. The Morgan fingerprint density at radius 3 is 1.49 bits per heavy atom. The highest BCUT2D eigenvalue weighted by Crippen LogP contribution is 2.40. The highest BCUT2D eigenvalue weighted by molar-refractivity contribution is 5.98. The number of fused-ring (bicyclic) bond motifs is 2. The summed E-state index contributed by atoms with van der Waals surface area (Å²) in [5.74, 6) is 0. The Balaban J connectivity index is 1.11. The van der Waals surface area contributed by atoms with E-state index in [1.54, 1.807) is 0 Å². The van der Waals surface area contributed by atoms with E-state index in [-0.39, 0.29) is 0 Å². The molecule has 4 nitrogen and oxygen atoms in total. The molecule has 0 amide bonds. The largest absolute Gasteiger partial charge is 0.341 e. The van der Waals surface area contributed by atoms with Gasteiger partial charge in [0, 0.05) is 68.1 Å². The molecule has 9 aromatic carbocycles. The molecular weight excluding hydrogens is 885 g/mol. The zero-order valence-electron chi connectivity index (χ0n) is 43.0. The van der Waals surface area contributed by atoms with Crippen LogP contribution in [0.5, 0.6) is 0 Å². The Kier molecular flexibility index (Phi) is 15.9. The molecule has 0 saturated heterocycles. The molecule has 0 spiro atoms. The van der Waals surface area contributed by atoms with Gasteiger partial charge < -0.3 is 19.6 Å². The van der Waals surface area contributed by atoms with E-state index < -0.39 is 0 Å². The number of unbranched alkanes of at least 4 members (excludes halogenated alkanes) is 1. The third-order valence-electron chi connectivity index (χ3n) is 13.5. The third-order valence-corrected chi connectivity index (χ3v) is 13.5. The Bertz CT molecular complexity index is 3520. The lowest BCUT2D eigenvalue weighted by Crippen LogP contribution is -2.31. The normalized spacial score (nSPS) is 12.5. The van der Waals surface area contributed by atoms with Crippen LogP contribution in [0.3, 0.4) is 0 Å². The van der Waals surface area contributed by atoms with Crippen LogP contribution in [0.15, 0.2) is 260 Å². The summed E-state index contributed by atoms with van der Waals surface area (Å²) in [5.41, 5.74) is 13.6. The smallest absolute Gasteiger partial charge is 0.0539 e. The standard InChI is InChI=1S/C69H66N4/c1-7-25-59(72(60-31-13-11-14-32-60)69-39-24-30-55-28-18-20-37-66(55)69)35-21-22-50-70(57-41-45-62(46-42-57)71(56(9-3)10-4)68-38-23-29-54-27-17-19-36-65(54)68)58-43-47-63(48-44-58)73(61-33-15-12-16-34-61)67(26-8-2)64-49-40-52(5)51-53(64)6/h7-9,11-20,23-49,51H,6,10,21-22,50H2,1-5H3/b25-7-,26-8-,56-9+,59-35+,67-64+. The predicted octanol–water partition coefficient (Wildman–Crippen LogP) is 17.9. The van der Waals surface area contributed by atoms with Gasteiger partial charge in [0.15, 0.2) is 0 Å². The molecule has 0 saturated carbocycles. The van der Waals surface area contributed by atoms with Crippen molar-refractivity contribution in [2.45, 2.75) is 53.9 Å². The number of para-hydroxylation sites is 2. The maximum absolute atomic E-state index is 4.50. The van der Waals surface area contributed by atoms with Gasteiger partial charge in [-0.3, -0.25) is 0 Å². The molecule has 0 bridgehead atoms. The van der Waals surface area contributed by atoms with E-state index in [0.717, 1.165) is 87.5 Å². The van der Waals surface area contributed by atoms with Crippen molar-refractivity contribution in [3.05, 3.63) is 276 Å². The molecule has 0 radical (unpaired) electrons. The monoisotopic (exact) mass is 951 g/mol. The number of hydrogen-bond donors (Lipinski definition) is 0. The van der Waals surface area contributed by atoms with E-state index in [9.17, 15) is 0 Å². The van der Waals surface area contributed by atoms with Crippen molar-refractivity contribution >= 4 is 79.3 Å². The lowest BCUT2D eigenvalue weighted by molar-refractivity contribution is 0.821. The number of aryl methyl sites for hydroxylation is 1. The first kappa shape index (κ1) is 49.4. The van der Waals surface area contributed by atoms with Gasteiger partial charge in [-0.15, -0.1) is 0 Å². The molecular formula is C69H66N4. The van der Waals surface area contributed by atoms with Crippen LogP contribution in [0.4, 0.5) is 45.5 Å². The fraction of sp³-hybridized carbons (Fsp3) is 0.130. The van der Waals surface area contributed by atoms with Crippen molar-refractivity contribution in [1.82, 2.24) is 0 Å². The second-order valence-corrected chi connectivity index (χ2v) is 18.3. The molecule has 73 heavy (non-hydrogen) atoms. The molecule has 0 N–H and O–H groups in total. The van der Waals surface area contributed by atoms with Crippen molar-refractivity contribution in [3.63, 3.8) is 0 Å². The summed E-state index contributed by atoms with van der Waals surface area (Å²) in [6.45, 7) is 16.0. The summed E-state index contributed by atoms with van der Waals surface area (Å²) in [6.07, 6.45) is 16.0. The zero-order valence-corrected chi connectivity index (χ0v) is 43.0. The second kappa shape index (κ2) is 23.5. The molecule has 9 aromatic rings. The quantitative estimate of drug-likeness (QED) is 0.0628. The van der Waals surface area contributed by atoms with Crippen LogP contribution in [0, 0.1) is 6.92 Å². The number of allylic oxidation sites excluding steroid dienone is 6. The first-order valence-corrected chi connectivity index (χ1v) is 25.7. The van der Waals surface area contributed by atoms with Crippen molar-refractivity contribution in [2.75, 3.05) is 26.1 Å². The molecule has 9 rings (SSSR count). The number of anilines is 8. The highest BCUT2D eigenvalue weighted by Gasteiger charge is 2.20. The summed E-state index contributed by atoms with van der Waals surface area (Å²) in [5, 5.41) is 6.98. The minimum atomic E-state index is 0.798. The van der Waals surface area contributed by atoms with Gasteiger partial charge in [0.2, 0.25) is 0 Å². The number of nitrogens with zero attached hydrogens (tertiary/aromatic N) is 4. The molecule has 0 aliphatic rings. The first-order chi connectivity index (χ1) is 35.9. The minimum Gasteiger partial charge on any atom is -0.341 e. The van der Waals surface area contributed by atoms with Gasteiger partial charge in [-0.1, -0.05) is 171 Å². The van der Waals surface area contributed by atoms with Crippen LogP contribution >= 0.6 is 0 Å². The van der Waals surface area contributed by atoms with Gasteiger partial charge in [0.05, 0.1) is 17.1 Å². The lowest BCUT2D eigenvalue weighted by atomic mass is 10.1. The summed E-state index contributed by atoms with van der Waals surface area (Å²) < 4.78 is 0. The molecule has 0 unspecified atom stereocenters. The Labute approximate surface area is 433 Å². The topological polar surface area (TPSA) is 13.0 Å². The maximum Gasteiger partial charge on any atom is 0.0539 e. The Hall–Kier alpha value is -8.60. The lowest BCUT2D eigenvalue weighted by Gasteiger charge is -2.31. The van der Waals surface area contributed by atoms with Crippen molar-refractivity contribution < 1.29 is 0 Å². The maximum atomic E-state index is 4.50. The summed E-state index contributed by atoms with van der Waals surface area (Å²) in [7, 11) is 0. The molecule has 362 valence electrons. The average molecular weight is 951 g/mol. The Morgan fingerprint density at radius 2 is 0.959 bits per heavy atom. The van der Waals surface area contributed by atoms with E-state index in [4.69, 9.17) is 0 Å².